The Morgan fingerprint density at radius 2 is 2.11 bits per heavy atom. The molecule has 94 valence electrons. The second kappa shape index (κ2) is 4.65. The van der Waals surface area contributed by atoms with Crippen LogP contribution in [0.2, 0.25) is 0 Å². The Hall–Kier alpha value is -1.49. The summed E-state index contributed by atoms with van der Waals surface area (Å²) >= 11 is 1.89. The van der Waals surface area contributed by atoms with Crippen LogP contribution >= 0.6 is 11.8 Å². The van der Waals surface area contributed by atoms with Gasteiger partial charge < -0.3 is 10.6 Å². The lowest BCUT2D eigenvalue weighted by Gasteiger charge is -2.25. The van der Waals surface area contributed by atoms with Gasteiger partial charge in [0, 0.05) is 11.4 Å². The van der Waals surface area contributed by atoms with Crippen LogP contribution in [0, 0.1) is 0 Å². The number of rotatable bonds is 1. The molecule has 1 unspecified atom stereocenters. The molecule has 5 heteroatoms. The van der Waals surface area contributed by atoms with Crippen LogP contribution in [-0.4, -0.2) is 24.1 Å². The van der Waals surface area contributed by atoms with Gasteiger partial charge in [-0.15, -0.1) is 11.8 Å². The largest absolute Gasteiger partial charge is 0.345 e. The normalized spacial score (nSPS) is 23.0. The fourth-order valence-electron chi connectivity index (χ4n) is 2.35. The minimum absolute atomic E-state index is 0.104. The van der Waals surface area contributed by atoms with Gasteiger partial charge in [-0.05, 0) is 35.8 Å². The fraction of sp³-hybridized carbons (Fsp3) is 0.385. The Kier molecular flexibility index (Phi) is 2.99. The van der Waals surface area contributed by atoms with E-state index >= 15 is 0 Å². The van der Waals surface area contributed by atoms with Crippen molar-refractivity contribution in [2.45, 2.75) is 23.8 Å². The molecular formula is C13H14N2O2S. The minimum Gasteiger partial charge on any atom is -0.345 e. The number of fused-ring (bicyclic) bond motifs is 1. The topological polar surface area (TPSA) is 58.2 Å². The molecule has 18 heavy (non-hydrogen) atoms. The molecule has 3 rings (SSSR count). The summed E-state index contributed by atoms with van der Waals surface area (Å²) in [6.07, 6.45) is 2.30. The number of amides is 2. The van der Waals surface area contributed by atoms with Gasteiger partial charge in [0.2, 0.25) is 0 Å². The summed E-state index contributed by atoms with van der Waals surface area (Å²) < 4.78 is 0. The van der Waals surface area contributed by atoms with Gasteiger partial charge in [0.25, 0.3) is 0 Å². The first-order valence-electron chi connectivity index (χ1n) is 6.08. The minimum atomic E-state index is -0.543. The first-order valence-corrected chi connectivity index (χ1v) is 7.07. The summed E-state index contributed by atoms with van der Waals surface area (Å²) in [5.74, 6) is 0.0980. The Morgan fingerprint density at radius 3 is 2.94 bits per heavy atom. The maximum absolute atomic E-state index is 11.3. The van der Waals surface area contributed by atoms with Gasteiger partial charge in [-0.3, -0.25) is 9.59 Å². The highest BCUT2D eigenvalue weighted by molar-refractivity contribution is 7.99. The molecule has 0 aromatic heterocycles. The van der Waals surface area contributed by atoms with Gasteiger partial charge in [-0.25, -0.2) is 0 Å². The summed E-state index contributed by atoms with van der Waals surface area (Å²) in [4.78, 5) is 23.8. The number of aryl methyl sites for hydroxylation is 1. The molecule has 0 saturated carbocycles. The molecule has 0 bridgehead atoms. The van der Waals surface area contributed by atoms with E-state index in [1.54, 1.807) is 0 Å². The van der Waals surface area contributed by atoms with E-state index in [9.17, 15) is 9.59 Å². The Balaban J connectivity index is 1.84. The summed E-state index contributed by atoms with van der Waals surface area (Å²) in [5.41, 5.74) is 2.43. The smallest absolute Gasteiger partial charge is 0.309 e. The molecule has 0 aliphatic carbocycles. The summed E-state index contributed by atoms with van der Waals surface area (Å²) in [5, 5.41) is 5.34. The third-order valence-corrected chi connectivity index (χ3v) is 4.52. The predicted octanol–water partition coefficient (Wildman–Crippen LogP) is 1.01. The summed E-state index contributed by atoms with van der Waals surface area (Å²) in [7, 11) is 0. The monoisotopic (exact) mass is 262 g/mol. The lowest BCUT2D eigenvalue weighted by molar-refractivity contribution is -0.141. The molecule has 1 fully saturated rings. The van der Waals surface area contributed by atoms with E-state index in [0.29, 0.717) is 6.54 Å². The van der Waals surface area contributed by atoms with E-state index in [1.807, 2.05) is 17.8 Å². The average molecular weight is 262 g/mol. The molecule has 2 aliphatic heterocycles. The molecule has 2 aliphatic rings. The molecule has 0 spiro atoms. The highest BCUT2D eigenvalue weighted by Gasteiger charge is 2.26. The SMILES string of the molecule is O=C1NCC(c2ccc3c(c2)CCCS3)NC1=O. The van der Waals surface area contributed by atoms with Crippen molar-refractivity contribution >= 4 is 23.6 Å². The first kappa shape index (κ1) is 11.6. The van der Waals surface area contributed by atoms with E-state index in [-0.39, 0.29) is 6.04 Å². The van der Waals surface area contributed by atoms with Crippen LogP contribution in [0.25, 0.3) is 0 Å². The molecular weight excluding hydrogens is 248 g/mol. The highest BCUT2D eigenvalue weighted by Crippen LogP contribution is 2.31. The predicted molar refractivity (Wildman–Crippen MR) is 69.4 cm³/mol. The van der Waals surface area contributed by atoms with Crippen molar-refractivity contribution in [2.75, 3.05) is 12.3 Å². The zero-order valence-corrected chi connectivity index (χ0v) is 10.7. The van der Waals surface area contributed by atoms with Crippen molar-refractivity contribution in [2.24, 2.45) is 0 Å². The number of thioether (sulfide) groups is 1. The van der Waals surface area contributed by atoms with Crippen molar-refractivity contribution < 1.29 is 9.59 Å². The molecule has 2 N–H and O–H groups in total. The zero-order valence-electron chi connectivity index (χ0n) is 9.86. The lowest BCUT2D eigenvalue weighted by Crippen LogP contribution is -2.51. The molecule has 2 amide bonds. The zero-order chi connectivity index (χ0) is 12.5. The number of carbonyl (C=O) groups is 2. The van der Waals surface area contributed by atoms with Gasteiger partial charge in [0.05, 0.1) is 6.04 Å². The summed E-state index contributed by atoms with van der Waals surface area (Å²) in [6, 6.07) is 6.22. The molecule has 1 aromatic carbocycles. The number of benzene rings is 1. The third kappa shape index (κ3) is 2.10. The number of hydrogen-bond acceptors (Lipinski definition) is 3. The molecule has 2 heterocycles. The van der Waals surface area contributed by atoms with Crippen molar-refractivity contribution in [1.82, 2.24) is 10.6 Å². The molecule has 1 saturated heterocycles. The van der Waals surface area contributed by atoms with Crippen LogP contribution in [0.4, 0.5) is 0 Å². The average Bonchev–Trinajstić information content (AvgIpc) is 2.41. The molecule has 1 atom stereocenters. The third-order valence-electron chi connectivity index (χ3n) is 3.31. The maximum atomic E-state index is 11.3. The van der Waals surface area contributed by atoms with E-state index < -0.39 is 11.8 Å². The molecule has 0 radical (unpaired) electrons. The number of piperazine rings is 1. The van der Waals surface area contributed by atoms with Gasteiger partial charge in [-0.2, -0.15) is 0 Å². The van der Waals surface area contributed by atoms with E-state index in [1.165, 1.54) is 22.6 Å². The van der Waals surface area contributed by atoms with Gasteiger partial charge in [-0.1, -0.05) is 12.1 Å². The Bertz CT molecular complexity index is 516. The number of nitrogens with one attached hydrogen (secondary N) is 2. The van der Waals surface area contributed by atoms with Crippen molar-refractivity contribution in [1.29, 1.82) is 0 Å². The van der Waals surface area contributed by atoms with E-state index in [2.05, 4.69) is 22.8 Å². The van der Waals surface area contributed by atoms with Crippen molar-refractivity contribution in [3.05, 3.63) is 29.3 Å². The van der Waals surface area contributed by atoms with Crippen LogP contribution in [0.3, 0.4) is 0 Å². The van der Waals surface area contributed by atoms with Crippen LogP contribution < -0.4 is 10.6 Å². The van der Waals surface area contributed by atoms with Gasteiger partial charge in [0.1, 0.15) is 0 Å². The van der Waals surface area contributed by atoms with Gasteiger partial charge in [0.15, 0.2) is 0 Å². The fourth-order valence-corrected chi connectivity index (χ4v) is 3.37. The lowest BCUT2D eigenvalue weighted by atomic mass is 10.00. The quantitative estimate of drug-likeness (QED) is 0.743. The van der Waals surface area contributed by atoms with E-state index in [4.69, 9.17) is 0 Å². The second-order valence-corrected chi connectivity index (χ2v) is 5.69. The van der Waals surface area contributed by atoms with Crippen LogP contribution in [0.15, 0.2) is 23.1 Å². The van der Waals surface area contributed by atoms with Crippen molar-refractivity contribution in [3.8, 4) is 0 Å². The Labute approximate surface area is 110 Å². The van der Waals surface area contributed by atoms with Crippen LogP contribution in [0.5, 0.6) is 0 Å². The Morgan fingerprint density at radius 1 is 1.22 bits per heavy atom. The van der Waals surface area contributed by atoms with Crippen molar-refractivity contribution in [3.63, 3.8) is 0 Å². The van der Waals surface area contributed by atoms with Crippen LogP contribution in [0.1, 0.15) is 23.6 Å². The number of carbonyl (C=O) groups excluding carboxylic acids is 2. The summed E-state index contributed by atoms with van der Waals surface area (Å²) in [6.45, 7) is 0.469. The molecule has 1 aromatic rings. The number of hydrogen-bond donors (Lipinski definition) is 2. The molecule has 4 nitrogen and oxygen atoms in total. The maximum Gasteiger partial charge on any atom is 0.309 e. The van der Waals surface area contributed by atoms with Gasteiger partial charge >= 0.3 is 11.8 Å². The van der Waals surface area contributed by atoms with E-state index in [0.717, 1.165) is 12.0 Å². The second-order valence-electron chi connectivity index (χ2n) is 4.56. The standard InChI is InChI=1S/C13H14N2O2S/c16-12-13(17)15-10(7-14-12)8-3-4-11-9(6-8)2-1-5-18-11/h3-4,6,10H,1-2,5,7H2,(H,14,16)(H,15,17). The first-order chi connectivity index (χ1) is 8.74. The van der Waals surface area contributed by atoms with Crippen LogP contribution in [-0.2, 0) is 16.0 Å². The highest BCUT2D eigenvalue weighted by atomic mass is 32.2.